The molecule has 0 saturated carbocycles. The monoisotopic (exact) mass is 208 g/mol. The van der Waals surface area contributed by atoms with Crippen molar-refractivity contribution in [2.45, 2.75) is 6.92 Å². The predicted octanol–water partition coefficient (Wildman–Crippen LogP) is 0.811. The number of aryl methyl sites for hydroxylation is 2. The van der Waals surface area contributed by atoms with Gasteiger partial charge in [-0.15, -0.1) is 21.5 Å². The van der Waals surface area contributed by atoms with Gasteiger partial charge in [0.25, 0.3) is 0 Å². The van der Waals surface area contributed by atoms with Crippen molar-refractivity contribution in [2.24, 2.45) is 7.05 Å². The van der Waals surface area contributed by atoms with Crippen LogP contribution in [0.4, 0.5) is 0 Å². The lowest BCUT2D eigenvalue weighted by molar-refractivity contribution is 0.102. The van der Waals surface area contributed by atoms with E-state index in [0.717, 1.165) is 5.69 Å². The van der Waals surface area contributed by atoms with Crippen LogP contribution in [0.2, 0.25) is 0 Å². The Labute approximate surface area is 84.4 Å². The van der Waals surface area contributed by atoms with Gasteiger partial charge in [0.1, 0.15) is 11.2 Å². The SMILES string of the molecule is Cc1ncsc1C(=O)c1nncn1C. The average molecular weight is 208 g/mol. The molecule has 0 aliphatic carbocycles. The fraction of sp³-hybridized carbons (Fsp3) is 0.250. The number of ketones is 1. The first-order valence-electron chi connectivity index (χ1n) is 3.99. The van der Waals surface area contributed by atoms with Crippen molar-refractivity contribution < 1.29 is 4.79 Å². The second kappa shape index (κ2) is 3.30. The minimum Gasteiger partial charge on any atom is -0.314 e. The summed E-state index contributed by atoms with van der Waals surface area (Å²) in [5.41, 5.74) is 2.39. The highest BCUT2D eigenvalue weighted by Gasteiger charge is 2.18. The van der Waals surface area contributed by atoms with E-state index in [1.54, 1.807) is 24.0 Å². The molecule has 14 heavy (non-hydrogen) atoms. The molecule has 2 aromatic rings. The second-order valence-corrected chi connectivity index (χ2v) is 3.72. The van der Waals surface area contributed by atoms with Crippen molar-refractivity contribution in [3.05, 3.63) is 28.2 Å². The Morgan fingerprint density at radius 3 is 2.86 bits per heavy atom. The molecule has 0 spiro atoms. The molecule has 2 heterocycles. The summed E-state index contributed by atoms with van der Waals surface area (Å²) < 4.78 is 1.60. The number of aromatic nitrogens is 4. The molecule has 6 heteroatoms. The third-order valence-corrected chi connectivity index (χ3v) is 2.79. The van der Waals surface area contributed by atoms with Crippen LogP contribution in [-0.2, 0) is 7.05 Å². The minimum atomic E-state index is -0.120. The highest BCUT2D eigenvalue weighted by atomic mass is 32.1. The van der Waals surface area contributed by atoms with Gasteiger partial charge in [-0.2, -0.15) is 0 Å². The standard InChI is InChI=1S/C8H8N4OS/c1-5-7(14-4-9-5)6(13)8-11-10-3-12(8)2/h3-4H,1-2H3. The van der Waals surface area contributed by atoms with Gasteiger partial charge in [0.2, 0.25) is 11.6 Å². The van der Waals surface area contributed by atoms with Crippen molar-refractivity contribution in [3.63, 3.8) is 0 Å². The molecular formula is C8H8N4OS. The maximum Gasteiger partial charge on any atom is 0.242 e. The molecule has 0 unspecified atom stereocenters. The summed E-state index contributed by atoms with van der Waals surface area (Å²) in [5.74, 6) is 0.224. The third-order valence-electron chi connectivity index (χ3n) is 1.87. The Kier molecular flexibility index (Phi) is 2.12. The molecule has 0 saturated heterocycles. The first-order valence-corrected chi connectivity index (χ1v) is 4.87. The molecule has 0 N–H and O–H groups in total. The minimum absolute atomic E-state index is 0.120. The molecule has 0 aliphatic rings. The lowest BCUT2D eigenvalue weighted by atomic mass is 10.2. The van der Waals surface area contributed by atoms with Gasteiger partial charge >= 0.3 is 0 Å². The molecule has 72 valence electrons. The highest BCUT2D eigenvalue weighted by Crippen LogP contribution is 2.15. The molecule has 0 amide bonds. The first kappa shape index (κ1) is 9.01. The number of carbonyl (C=O) groups is 1. The van der Waals surface area contributed by atoms with Crippen LogP contribution < -0.4 is 0 Å². The van der Waals surface area contributed by atoms with Gasteiger partial charge in [-0.3, -0.25) is 4.79 Å². The van der Waals surface area contributed by atoms with E-state index in [4.69, 9.17) is 0 Å². The number of nitrogens with zero attached hydrogens (tertiary/aromatic N) is 4. The predicted molar refractivity (Wildman–Crippen MR) is 51.3 cm³/mol. The second-order valence-electron chi connectivity index (χ2n) is 2.86. The molecule has 0 aliphatic heterocycles. The molecule has 0 aromatic carbocycles. The molecule has 0 atom stereocenters. The van der Waals surface area contributed by atoms with E-state index in [1.165, 1.54) is 17.7 Å². The Morgan fingerprint density at radius 1 is 1.57 bits per heavy atom. The van der Waals surface area contributed by atoms with Gasteiger partial charge in [-0.25, -0.2) is 4.98 Å². The lowest BCUT2D eigenvalue weighted by Crippen LogP contribution is -2.08. The topological polar surface area (TPSA) is 60.7 Å². The lowest BCUT2D eigenvalue weighted by Gasteiger charge is -1.96. The fourth-order valence-electron chi connectivity index (χ4n) is 1.11. The van der Waals surface area contributed by atoms with Crippen LogP contribution in [0.1, 0.15) is 21.2 Å². The van der Waals surface area contributed by atoms with E-state index in [0.29, 0.717) is 10.7 Å². The van der Waals surface area contributed by atoms with Gasteiger partial charge in [0.05, 0.1) is 11.2 Å². The smallest absolute Gasteiger partial charge is 0.242 e. The van der Waals surface area contributed by atoms with Crippen LogP contribution >= 0.6 is 11.3 Å². The summed E-state index contributed by atoms with van der Waals surface area (Å²) in [6.07, 6.45) is 1.50. The van der Waals surface area contributed by atoms with E-state index in [9.17, 15) is 4.79 Å². The molecule has 0 radical (unpaired) electrons. The van der Waals surface area contributed by atoms with Crippen LogP contribution in [0.25, 0.3) is 0 Å². The number of hydrogen-bond donors (Lipinski definition) is 0. The Hall–Kier alpha value is -1.56. The molecule has 2 aromatic heterocycles. The molecular weight excluding hydrogens is 200 g/mol. The number of rotatable bonds is 2. The molecule has 5 nitrogen and oxygen atoms in total. The largest absolute Gasteiger partial charge is 0.314 e. The Morgan fingerprint density at radius 2 is 2.36 bits per heavy atom. The van der Waals surface area contributed by atoms with Crippen molar-refractivity contribution in [2.75, 3.05) is 0 Å². The van der Waals surface area contributed by atoms with Gasteiger partial charge in [0, 0.05) is 7.05 Å². The van der Waals surface area contributed by atoms with Crippen LogP contribution in [0.5, 0.6) is 0 Å². The van der Waals surface area contributed by atoms with Crippen LogP contribution in [0.3, 0.4) is 0 Å². The first-order chi connectivity index (χ1) is 6.70. The van der Waals surface area contributed by atoms with Crippen LogP contribution in [-0.4, -0.2) is 25.5 Å². The number of carbonyl (C=O) groups excluding carboxylic acids is 1. The maximum absolute atomic E-state index is 11.9. The van der Waals surface area contributed by atoms with Gasteiger partial charge in [0.15, 0.2) is 0 Å². The Balaban J connectivity index is 2.44. The maximum atomic E-state index is 11.9. The normalized spacial score (nSPS) is 10.4. The average Bonchev–Trinajstić information content (AvgIpc) is 2.73. The van der Waals surface area contributed by atoms with Crippen LogP contribution in [0, 0.1) is 6.92 Å². The van der Waals surface area contributed by atoms with E-state index >= 15 is 0 Å². The summed E-state index contributed by atoms with van der Waals surface area (Å²) >= 11 is 1.32. The Bertz CT molecular complexity index is 431. The van der Waals surface area contributed by atoms with Crippen molar-refractivity contribution in [3.8, 4) is 0 Å². The van der Waals surface area contributed by atoms with E-state index in [2.05, 4.69) is 15.2 Å². The fourth-order valence-corrected chi connectivity index (χ4v) is 1.85. The highest BCUT2D eigenvalue weighted by molar-refractivity contribution is 7.12. The quantitative estimate of drug-likeness (QED) is 0.685. The van der Waals surface area contributed by atoms with E-state index < -0.39 is 0 Å². The molecule has 0 bridgehead atoms. The van der Waals surface area contributed by atoms with Crippen LogP contribution in [0.15, 0.2) is 11.8 Å². The van der Waals surface area contributed by atoms with Gasteiger partial charge < -0.3 is 4.57 Å². The van der Waals surface area contributed by atoms with E-state index in [1.807, 2.05) is 0 Å². The zero-order chi connectivity index (χ0) is 10.1. The van der Waals surface area contributed by atoms with Gasteiger partial charge in [-0.1, -0.05) is 0 Å². The van der Waals surface area contributed by atoms with Crippen molar-refractivity contribution in [1.82, 2.24) is 19.7 Å². The summed E-state index contributed by atoms with van der Waals surface area (Å²) in [6.45, 7) is 1.81. The number of hydrogen-bond acceptors (Lipinski definition) is 5. The summed E-state index contributed by atoms with van der Waals surface area (Å²) in [7, 11) is 1.74. The molecule has 0 fully saturated rings. The van der Waals surface area contributed by atoms with Crippen molar-refractivity contribution in [1.29, 1.82) is 0 Å². The summed E-state index contributed by atoms with van der Waals surface area (Å²) in [6, 6.07) is 0. The number of thiazole rings is 1. The zero-order valence-corrected chi connectivity index (χ0v) is 8.58. The third kappa shape index (κ3) is 1.33. The summed E-state index contributed by atoms with van der Waals surface area (Å²) in [5, 5.41) is 7.41. The zero-order valence-electron chi connectivity index (χ0n) is 7.76. The van der Waals surface area contributed by atoms with Crippen molar-refractivity contribution >= 4 is 17.1 Å². The summed E-state index contributed by atoms with van der Waals surface area (Å²) in [4.78, 5) is 16.5. The van der Waals surface area contributed by atoms with E-state index in [-0.39, 0.29) is 5.78 Å². The molecule has 2 rings (SSSR count). The van der Waals surface area contributed by atoms with Gasteiger partial charge in [-0.05, 0) is 6.92 Å².